The highest BCUT2D eigenvalue weighted by atomic mass is 32.2. The van der Waals surface area contributed by atoms with Crippen LogP contribution in [0.25, 0.3) is 22.3 Å². The Kier molecular flexibility index (Phi) is 7.65. The first kappa shape index (κ1) is 26.7. The number of anilines is 2. The number of hydrogen-bond donors (Lipinski definition) is 1. The summed E-state index contributed by atoms with van der Waals surface area (Å²) < 4.78 is 29.8. The van der Waals surface area contributed by atoms with Crippen molar-refractivity contribution in [2.24, 2.45) is 0 Å². The Labute approximate surface area is 233 Å². The molecule has 0 unspecified atom stereocenters. The number of nitrogens with one attached hydrogen (secondary N) is 1. The number of hydrogen-bond acceptors (Lipinski definition) is 9. The van der Waals surface area contributed by atoms with Gasteiger partial charge in [0.25, 0.3) is 5.69 Å². The van der Waals surface area contributed by atoms with E-state index in [0.717, 1.165) is 10.3 Å². The second-order valence-electron chi connectivity index (χ2n) is 8.48. The molecule has 9 nitrogen and oxygen atoms in total. The second-order valence-corrected chi connectivity index (χ2v) is 9.63. The van der Waals surface area contributed by atoms with Gasteiger partial charge in [-0.15, -0.1) is 0 Å². The van der Waals surface area contributed by atoms with Crippen LogP contribution in [0.2, 0.25) is 0 Å². The van der Waals surface area contributed by atoms with Crippen LogP contribution in [-0.2, 0) is 0 Å². The summed E-state index contributed by atoms with van der Waals surface area (Å²) in [4.78, 5) is 22.1. The molecule has 40 heavy (non-hydrogen) atoms. The smallest absolute Gasteiger partial charge is 0.272 e. The first-order valence-corrected chi connectivity index (χ1v) is 12.8. The summed E-state index contributed by atoms with van der Waals surface area (Å²) in [5.74, 6) is 1.81. The molecule has 5 rings (SSSR count). The van der Waals surface area contributed by atoms with Crippen molar-refractivity contribution in [3.63, 3.8) is 0 Å². The van der Waals surface area contributed by atoms with E-state index < -0.39 is 4.92 Å². The number of aromatic nitrogens is 2. The Morgan fingerprint density at radius 2 is 1.55 bits per heavy atom. The third-order valence-electron chi connectivity index (χ3n) is 5.94. The summed E-state index contributed by atoms with van der Waals surface area (Å²) in [5.41, 5.74) is 1.64. The van der Waals surface area contributed by atoms with Crippen molar-refractivity contribution in [1.82, 2.24) is 9.97 Å². The zero-order valence-electron chi connectivity index (χ0n) is 21.7. The quantitative estimate of drug-likeness (QED) is 0.148. The van der Waals surface area contributed by atoms with Crippen molar-refractivity contribution in [3.05, 3.63) is 94.8 Å². The minimum atomic E-state index is -0.459. The fourth-order valence-corrected chi connectivity index (χ4v) is 5.02. The van der Waals surface area contributed by atoms with E-state index in [1.807, 2.05) is 24.3 Å². The van der Waals surface area contributed by atoms with Gasteiger partial charge in [0.05, 0.1) is 31.8 Å². The van der Waals surface area contributed by atoms with Crippen molar-refractivity contribution in [2.45, 2.75) is 9.79 Å². The number of ether oxygens (including phenoxy) is 3. The molecular formula is C29H23FN4O5S. The number of nitro groups is 1. The summed E-state index contributed by atoms with van der Waals surface area (Å²) in [6.45, 7) is 0. The van der Waals surface area contributed by atoms with Gasteiger partial charge in [0.15, 0.2) is 17.3 Å². The molecule has 11 heteroatoms. The number of rotatable bonds is 9. The normalized spacial score (nSPS) is 10.8. The van der Waals surface area contributed by atoms with Gasteiger partial charge in [-0.1, -0.05) is 23.9 Å². The van der Waals surface area contributed by atoms with Gasteiger partial charge in [-0.25, -0.2) is 14.4 Å². The van der Waals surface area contributed by atoms with Crippen LogP contribution < -0.4 is 19.5 Å². The van der Waals surface area contributed by atoms with Crippen LogP contribution in [0.15, 0.2) is 88.7 Å². The summed E-state index contributed by atoms with van der Waals surface area (Å²) in [5, 5.41) is 15.7. The van der Waals surface area contributed by atoms with Gasteiger partial charge < -0.3 is 19.5 Å². The molecule has 0 aliphatic carbocycles. The minimum Gasteiger partial charge on any atom is -0.493 e. The van der Waals surface area contributed by atoms with Crippen LogP contribution in [0.5, 0.6) is 17.2 Å². The van der Waals surface area contributed by atoms with Crippen molar-refractivity contribution in [1.29, 1.82) is 0 Å². The van der Waals surface area contributed by atoms with Crippen molar-refractivity contribution < 1.29 is 23.5 Å². The summed E-state index contributed by atoms with van der Waals surface area (Å²) >= 11 is 1.28. The van der Waals surface area contributed by atoms with Crippen LogP contribution in [0.1, 0.15) is 0 Å². The van der Waals surface area contributed by atoms with Crippen LogP contribution in [-0.4, -0.2) is 36.2 Å². The molecule has 4 aromatic carbocycles. The number of nitrogens with zero attached hydrogens (tertiary/aromatic N) is 3. The third-order valence-corrected chi connectivity index (χ3v) is 6.92. The topological polar surface area (TPSA) is 109 Å². The molecule has 0 atom stereocenters. The first-order valence-electron chi connectivity index (χ1n) is 12.0. The molecule has 0 spiro atoms. The maximum atomic E-state index is 13.4. The molecule has 0 aliphatic heterocycles. The van der Waals surface area contributed by atoms with E-state index in [9.17, 15) is 14.5 Å². The predicted octanol–water partition coefficient (Wildman–Crippen LogP) is 7.26. The molecule has 5 aromatic rings. The van der Waals surface area contributed by atoms with Gasteiger partial charge in [0.1, 0.15) is 11.6 Å². The summed E-state index contributed by atoms with van der Waals surface area (Å²) in [6, 6.07) is 21.5. The zero-order valence-corrected chi connectivity index (χ0v) is 22.5. The highest BCUT2D eigenvalue weighted by Gasteiger charge is 2.18. The molecule has 0 amide bonds. The van der Waals surface area contributed by atoms with E-state index >= 15 is 0 Å². The standard InChI is InChI=1S/C29H23FN4O5S/c1-37-25-12-17(13-26(38-2)27(25)39-3)28-32-24-7-5-4-6-23(24)29(33-28)31-19-14-20(34(35)36)16-22(15-19)40-21-10-8-18(30)9-11-21/h4-16H,1-3H3,(H,31,32,33). The number of methoxy groups -OCH3 is 3. The molecule has 0 saturated heterocycles. The molecular weight excluding hydrogens is 535 g/mol. The van der Waals surface area contributed by atoms with Gasteiger partial charge in [0, 0.05) is 38.6 Å². The maximum absolute atomic E-state index is 13.4. The van der Waals surface area contributed by atoms with Gasteiger partial charge in [0.2, 0.25) is 5.75 Å². The van der Waals surface area contributed by atoms with E-state index in [0.29, 0.717) is 50.6 Å². The van der Waals surface area contributed by atoms with Crippen molar-refractivity contribution in [2.75, 3.05) is 26.6 Å². The Morgan fingerprint density at radius 3 is 2.20 bits per heavy atom. The molecule has 0 saturated carbocycles. The average molecular weight is 559 g/mol. The molecule has 0 aliphatic rings. The molecule has 1 aromatic heterocycles. The average Bonchev–Trinajstić information content (AvgIpc) is 2.97. The van der Waals surface area contributed by atoms with Crippen LogP contribution in [0, 0.1) is 15.9 Å². The summed E-state index contributed by atoms with van der Waals surface area (Å²) in [7, 11) is 4.58. The van der Waals surface area contributed by atoms with Gasteiger partial charge in [-0.2, -0.15) is 0 Å². The zero-order chi connectivity index (χ0) is 28.2. The molecule has 1 N–H and O–H groups in total. The highest BCUT2D eigenvalue weighted by molar-refractivity contribution is 7.99. The number of non-ortho nitro benzene ring substituents is 1. The Morgan fingerprint density at radius 1 is 0.850 bits per heavy atom. The third kappa shape index (κ3) is 5.59. The number of nitro benzene ring substituents is 1. The lowest BCUT2D eigenvalue weighted by molar-refractivity contribution is -0.385. The molecule has 0 radical (unpaired) electrons. The Bertz CT molecular complexity index is 1690. The lowest BCUT2D eigenvalue weighted by Gasteiger charge is -2.15. The number of benzene rings is 4. The minimum absolute atomic E-state index is 0.0992. The van der Waals surface area contributed by atoms with E-state index in [-0.39, 0.29) is 11.5 Å². The van der Waals surface area contributed by atoms with Gasteiger partial charge >= 0.3 is 0 Å². The van der Waals surface area contributed by atoms with Gasteiger partial charge in [-0.05, 0) is 54.6 Å². The number of para-hydroxylation sites is 1. The fourth-order valence-electron chi connectivity index (χ4n) is 4.11. The SMILES string of the molecule is COc1cc(-c2nc(Nc3cc(Sc4ccc(F)cc4)cc([N+](=O)[O-])c3)c3ccccc3n2)cc(OC)c1OC. The van der Waals surface area contributed by atoms with Crippen LogP contribution in [0.4, 0.5) is 21.6 Å². The number of fused-ring (bicyclic) bond motifs is 1. The van der Waals surface area contributed by atoms with Crippen LogP contribution >= 0.6 is 11.8 Å². The predicted molar refractivity (Wildman–Crippen MR) is 152 cm³/mol. The lowest BCUT2D eigenvalue weighted by atomic mass is 10.1. The Balaban J connectivity index is 1.60. The molecule has 202 valence electrons. The molecule has 0 bridgehead atoms. The van der Waals surface area contributed by atoms with E-state index in [4.69, 9.17) is 24.2 Å². The fraction of sp³-hybridized carbons (Fsp3) is 0.103. The Hall–Kier alpha value is -4.90. The lowest BCUT2D eigenvalue weighted by Crippen LogP contribution is -2.01. The monoisotopic (exact) mass is 558 g/mol. The van der Waals surface area contributed by atoms with E-state index in [1.54, 1.807) is 30.3 Å². The van der Waals surface area contributed by atoms with Crippen molar-refractivity contribution in [3.8, 4) is 28.6 Å². The van der Waals surface area contributed by atoms with E-state index in [1.165, 1.54) is 57.4 Å². The first-order chi connectivity index (χ1) is 19.4. The summed E-state index contributed by atoms with van der Waals surface area (Å²) in [6.07, 6.45) is 0. The van der Waals surface area contributed by atoms with Crippen molar-refractivity contribution >= 4 is 39.9 Å². The van der Waals surface area contributed by atoms with E-state index in [2.05, 4.69) is 5.32 Å². The second kappa shape index (κ2) is 11.5. The highest BCUT2D eigenvalue weighted by Crippen LogP contribution is 2.41. The maximum Gasteiger partial charge on any atom is 0.272 e. The van der Waals surface area contributed by atoms with Gasteiger partial charge in [-0.3, -0.25) is 10.1 Å². The largest absolute Gasteiger partial charge is 0.493 e. The van der Waals surface area contributed by atoms with Crippen LogP contribution in [0.3, 0.4) is 0 Å². The number of halogens is 1. The molecule has 1 heterocycles. The molecule has 0 fully saturated rings.